The maximum absolute atomic E-state index is 12.9. The number of rotatable bonds is 4. The van der Waals surface area contributed by atoms with E-state index in [-0.39, 0.29) is 17.1 Å². The molecule has 0 aromatic heterocycles. The lowest BCUT2D eigenvalue weighted by molar-refractivity contribution is -0.144. The van der Waals surface area contributed by atoms with Crippen LogP contribution in [0.15, 0.2) is 29.2 Å². The maximum atomic E-state index is 12.9. The van der Waals surface area contributed by atoms with Crippen molar-refractivity contribution < 1.29 is 27.5 Å². The van der Waals surface area contributed by atoms with Crippen molar-refractivity contribution >= 4 is 27.8 Å². The van der Waals surface area contributed by atoms with Crippen molar-refractivity contribution in [3.8, 4) is 0 Å². The summed E-state index contributed by atoms with van der Waals surface area (Å²) >= 11 is 0. The van der Waals surface area contributed by atoms with E-state index in [1.165, 1.54) is 26.4 Å². The van der Waals surface area contributed by atoms with Gasteiger partial charge in [-0.3, -0.25) is 10.1 Å². The molecule has 1 aromatic carbocycles. The Kier molecular flexibility index (Phi) is 5.22. The molecule has 0 radical (unpaired) electrons. The molecule has 1 amide bonds. The highest BCUT2D eigenvalue weighted by atomic mass is 32.2. The highest BCUT2D eigenvalue weighted by Gasteiger charge is 2.41. The van der Waals surface area contributed by atoms with E-state index < -0.39 is 28.1 Å². The topological polar surface area (TPSA) is 102 Å². The molecule has 0 bridgehead atoms. The molecule has 1 aliphatic heterocycles. The van der Waals surface area contributed by atoms with Crippen molar-refractivity contribution in [2.24, 2.45) is 0 Å². The predicted octanol–water partition coefficient (Wildman–Crippen LogP) is 1.19. The number of sulfonamides is 1. The summed E-state index contributed by atoms with van der Waals surface area (Å²) in [5, 5.41) is 2.36. The fourth-order valence-electron chi connectivity index (χ4n) is 2.48. The number of methoxy groups -OCH3 is 2. The summed E-state index contributed by atoms with van der Waals surface area (Å²) in [7, 11) is -1.56. The van der Waals surface area contributed by atoms with Gasteiger partial charge < -0.3 is 9.47 Å². The molecule has 1 fully saturated rings. The fourth-order valence-corrected chi connectivity index (χ4v) is 4.28. The number of carbonyl (C=O) groups is 2. The average Bonchev–Trinajstić information content (AvgIpc) is 3.04. The van der Waals surface area contributed by atoms with E-state index in [0.29, 0.717) is 12.8 Å². The Bertz CT molecular complexity index is 703. The Morgan fingerprint density at radius 2 is 1.91 bits per heavy atom. The van der Waals surface area contributed by atoms with Crippen LogP contribution in [-0.2, 0) is 24.3 Å². The van der Waals surface area contributed by atoms with Gasteiger partial charge in [-0.25, -0.2) is 13.2 Å². The van der Waals surface area contributed by atoms with Crippen LogP contribution in [-0.4, -0.2) is 51.6 Å². The predicted molar refractivity (Wildman–Crippen MR) is 81.4 cm³/mol. The number of nitrogens with zero attached hydrogens (tertiary/aromatic N) is 1. The van der Waals surface area contributed by atoms with E-state index in [0.717, 1.165) is 4.31 Å². The van der Waals surface area contributed by atoms with Crippen LogP contribution in [0.5, 0.6) is 0 Å². The van der Waals surface area contributed by atoms with Crippen LogP contribution < -0.4 is 5.32 Å². The number of amides is 1. The number of esters is 1. The van der Waals surface area contributed by atoms with Crippen LogP contribution in [0.4, 0.5) is 10.5 Å². The molecule has 0 unspecified atom stereocenters. The Morgan fingerprint density at radius 1 is 1.22 bits per heavy atom. The van der Waals surface area contributed by atoms with Gasteiger partial charge in [0.1, 0.15) is 10.9 Å². The molecule has 23 heavy (non-hydrogen) atoms. The minimum atomic E-state index is -3.97. The smallest absolute Gasteiger partial charge is 0.411 e. The van der Waals surface area contributed by atoms with Crippen LogP contribution in [0.2, 0.25) is 0 Å². The van der Waals surface area contributed by atoms with E-state index >= 15 is 0 Å². The highest BCUT2D eigenvalue weighted by Crippen LogP contribution is 2.30. The van der Waals surface area contributed by atoms with E-state index in [9.17, 15) is 18.0 Å². The lowest BCUT2D eigenvalue weighted by Crippen LogP contribution is -2.41. The zero-order valence-corrected chi connectivity index (χ0v) is 13.6. The van der Waals surface area contributed by atoms with E-state index in [1.807, 2.05) is 0 Å². The number of hydrogen-bond donors (Lipinski definition) is 1. The SMILES string of the molecule is COC(=O)Nc1ccccc1S(=O)(=O)N1CCC[C@@H]1C(=O)OC. The summed E-state index contributed by atoms with van der Waals surface area (Å²) in [6.07, 6.45) is 0.183. The first-order valence-corrected chi connectivity index (χ1v) is 8.39. The van der Waals surface area contributed by atoms with Crippen molar-refractivity contribution in [3.05, 3.63) is 24.3 Å². The zero-order valence-electron chi connectivity index (χ0n) is 12.8. The van der Waals surface area contributed by atoms with Crippen molar-refractivity contribution in [1.29, 1.82) is 0 Å². The van der Waals surface area contributed by atoms with Gasteiger partial charge in [-0.1, -0.05) is 12.1 Å². The molecule has 1 aliphatic rings. The second-order valence-electron chi connectivity index (χ2n) is 4.91. The third-order valence-corrected chi connectivity index (χ3v) is 5.54. The van der Waals surface area contributed by atoms with Crippen LogP contribution in [0.1, 0.15) is 12.8 Å². The van der Waals surface area contributed by atoms with Gasteiger partial charge in [-0.05, 0) is 25.0 Å². The first-order chi connectivity index (χ1) is 10.9. The van der Waals surface area contributed by atoms with Crippen LogP contribution >= 0.6 is 0 Å². The Balaban J connectivity index is 2.40. The molecule has 1 heterocycles. The summed E-state index contributed by atoms with van der Waals surface area (Å²) in [6.45, 7) is 0.217. The molecule has 9 heteroatoms. The summed E-state index contributed by atoms with van der Waals surface area (Å²) in [5.41, 5.74) is 0.0925. The minimum Gasteiger partial charge on any atom is -0.468 e. The summed E-state index contributed by atoms with van der Waals surface area (Å²) in [4.78, 5) is 23.1. The van der Waals surface area contributed by atoms with Gasteiger partial charge >= 0.3 is 12.1 Å². The number of nitrogens with one attached hydrogen (secondary N) is 1. The second kappa shape index (κ2) is 6.97. The summed E-state index contributed by atoms with van der Waals surface area (Å²) < 4.78 is 36.0. The standard InChI is InChI=1S/C14H18N2O6S/c1-21-13(17)11-7-5-9-16(11)23(19,20)12-8-4-3-6-10(12)15-14(18)22-2/h3-4,6,8,11H,5,7,9H2,1-2H3,(H,15,18)/t11-/m1/s1. The number of ether oxygens (including phenoxy) is 2. The molecule has 0 spiro atoms. The van der Waals surface area contributed by atoms with Gasteiger partial charge in [0.2, 0.25) is 10.0 Å². The van der Waals surface area contributed by atoms with Gasteiger partial charge in [0.25, 0.3) is 0 Å². The van der Waals surface area contributed by atoms with Crippen molar-refractivity contribution in [3.63, 3.8) is 0 Å². The van der Waals surface area contributed by atoms with Crippen molar-refractivity contribution in [2.75, 3.05) is 26.1 Å². The molecule has 1 aromatic rings. The second-order valence-corrected chi connectivity index (χ2v) is 6.77. The number of carbonyl (C=O) groups excluding carboxylic acids is 2. The molecule has 1 atom stereocenters. The summed E-state index contributed by atoms with van der Waals surface area (Å²) in [5.74, 6) is -0.593. The Labute approximate surface area is 134 Å². The van der Waals surface area contributed by atoms with Crippen LogP contribution in [0.25, 0.3) is 0 Å². The third-order valence-electron chi connectivity index (χ3n) is 3.57. The first-order valence-electron chi connectivity index (χ1n) is 6.95. The third kappa shape index (κ3) is 3.45. The van der Waals surface area contributed by atoms with Crippen molar-refractivity contribution in [1.82, 2.24) is 4.31 Å². The largest absolute Gasteiger partial charge is 0.468 e. The van der Waals surface area contributed by atoms with Crippen LogP contribution in [0.3, 0.4) is 0 Å². The van der Waals surface area contributed by atoms with Gasteiger partial charge in [0.05, 0.1) is 19.9 Å². The van der Waals surface area contributed by atoms with E-state index in [4.69, 9.17) is 0 Å². The molecule has 8 nitrogen and oxygen atoms in total. The van der Waals surface area contributed by atoms with Gasteiger partial charge in [0, 0.05) is 6.54 Å². The Hall–Kier alpha value is -2.13. The Morgan fingerprint density at radius 3 is 2.57 bits per heavy atom. The monoisotopic (exact) mass is 342 g/mol. The average molecular weight is 342 g/mol. The molecule has 0 aliphatic carbocycles. The zero-order chi connectivity index (χ0) is 17.0. The number of anilines is 1. The number of hydrogen-bond acceptors (Lipinski definition) is 6. The molecular formula is C14H18N2O6S. The molecule has 126 valence electrons. The minimum absolute atomic E-state index is 0.0925. The normalized spacial score (nSPS) is 18.4. The molecule has 0 saturated carbocycles. The van der Waals surface area contributed by atoms with E-state index in [2.05, 4.69) is 14.8 Å². The molecular weight excluding hydrogens is 324 g/mol. The van der Waals surface area contributed by atoms with Gasteiger partial charge in [-0.15, -0.1) is 0 Å². The lowest BCUT2D eigenvalue weighted by atomic mass is 10.2. The molecule has 2 rings (SSSR count). The lowest BCUT2D eigenvalue weighted by Gasteiger charge is -2.23. The van der Waals surface area contributed by atoms with Gasteiger partial charge in [-0.2, -0.15) is 4.31 Å². The quantitative estimate of drug-likeness (QED) is 0.825. The van der Waals surface area contributed by atoms with E-state index in [1.54, 1.807) is 12.1 Å². The van der Waals surface area contributed by atoms with Crippen LogP contribution in [0, 0.1) is 0 Å². The molecule has 1 N–H and O–H groups in total. The first kappa shape index (κ1) is 17.2. The van der Waals surface area contributed by atoms with Crippen molar-refractivity contribution in [2.45, 2.75) is 23.8 Å². The molecule has 1 saturated heterocycles. The number of para-hydroxylation sites is 1. The fraction of sp³-hybridized carbons (Fsp3) is 0.429. The van der Waals surface area contributed by atoms with Gasteiger partial charge in [0.15, 0.2) is 0 Å². The maximum Gasteiger partial charge on any atom is 0.411 e. The highest BCUT2D eigenvalue weighted by molar-refractivity contribution is 7.89. The summed E-state index contributed by atoms with van der Waals surface area (Å²) in [6, 6.07) is 5.10. The number of benzene rings is 1.